The van der Waals surface area contributed by atoms with Crippen LogP contribution < -0.4 is 56.8 Å². The van der Waals surface area contributed by atoms with Crippen LogP contribution in [-0.2, 0) is 9.31 Å². The molecule has 1 aliphatic heterocycles. The van der Waals surface area contributed by atoms with E-state index < -0.39 is 0 Å². The first-order valence-corrected chi connectivity index (χ1v) is 35.6. The van der Waals surface area contributed by atoms with Crippen LogP contribution in [0.3, 0.4) is 0 Å². The molecule has 107 heavy (non-hydrogen) atoms. The minimum absolute atomic E-state index is 0. The van der Waals surface area contributed by atoms with Gasteiger partial charge < -0.3 is 28.4 Å². The number of rotatable bonds is 8. The predicted molar refractivity (Wildman–Crippen MR) is 430 cm³/mol. The normalized spacial score (nSPS) is 13.3. The largest absolute Gasteiger partial charge is 1.00 e. The van der Waals surface area contributed by atoms with Gasteiger partial charge in [0, 0.05) is 92.3 Å². The van der Waals surface area contributed by atoms with Crippen molar-refractivity contribution in [3.8, 4) is 79.5 Å². The van der Waals surface area contributed by atoms with Crippen molar-refractivity contribution in [2.75, 3.05) is 0 Å². The third-order valence-corrected chi connectivity index (χ3v) is 20.7. The van der Waals surface area contributed by atoms with Gasteiger partial charge in [0.05, 0.1) is 11.2 Å². The van der Waals surface area contributed by atoms with Crippen molar-refractivity contribution >= 4 is 133 Å². The average Bonchev–Trinajstić information content (AvgIpc) is 1.61. The Morgan fingerprint density at radius 1 is 0.262 bits per heavy atom. The zero-order valence-corrected chi connectivity index (χ0v) is 62.8. The van der Waals surface area contributed by atoms with Crippen molar-refractivity contribution in [2.24, 2.45) is 0 Å². The van der Waals surface area contributed by atoms with Gasteiger partial charge in [-0.2, -0.15) is 0 Å². The summed E-state index contributed by atoms with van der Waals surface area (Å²) in [5, 5.41) is 14.0. The van der Waals surface area contributed by atoms with Crippen LogP contribution in [0.15, 0.2) is 321 Å². The van der Waals surface area contributed by atoms with Crippen LogP contribution in [0.25, 0.3) is 189 Å². The summed E-state index contributed by atoms with van der Waals surface area (Å²) >= 11 is 6.23. The molecular formula is C92H63BClKN6O6. The van der Waals surface area contributed by atoms with E-state index in [0.29, 0.717) is 40.0 Å². The standard InChI is InChI=1S/C43H25N3O2.C27H16ClN3O.C22H21BO3.K.H/c1-2-10-27(11-3-1)41-44-42(46-43(45-41)31-19-21-34-33-15-6-7-16-37(33)47-38(34)25-31)30-13-8-12-28(23-30)29-18-20-35-36-22-17-26-9-4-5-14-32(26)40(36)48-39(35)24-29;28-20-10-6-9-18(15-20)26-29-25(17-7-2-1-3-8-17)30-27(31-26)19-13-14-22-21-11-4-5-12-23(21)32-24(22)16-19;1-21(2)22(3,4)26-23(25-21)15-10-12-17-18-11-9-14-7-5-6-8-16(14)20(18)24-19(17)13-15;;/h1-25H;1-16H;5-13H,1-4H3;;/q;;;+1;-1. The Balaban J connectivity index is 0.000000124. The minimum Gasteiger partial charge on any atom is -1.00 e. The van der Waals surface area contributed by atoms with E-state index in [1.165, 1.54) is 10.8 Å². The van der Waals surface area contributed by atoms with Gasteiger partial charge in [-0.1, -0.05) is 230 Å². The second-order valence-electron chi connectivity index (χ2n) is 27.6. The minimum atomic E-state index is -0.380. The molecule has 7 heterocycles. The Morgan fingerprint density at radius 2 is 0.589 bits per heavy atom. The first kappa shape index (κ1) is 67.6. The Bertz CT molecular complexity index is 6850. The number of hydrogen-bond acceptors (Lipinski definition) is 12. The molecule has 15 heteroatoms. The van der Waals surface area contributed by atoms with Crippen LogP contribution in [0.1, 0.15) is 29.1 Å². The predicted octanol–water partition coefficient (Wildman–Crippen LogP) is 21.1. The van der Waals surface area contributed by atoms with E-state index in [1.54, 1.807) is 0 Å². The molecular weight excluding hydrogens is 1370 g/mol. The van der Waals surface area contributed by atoms with Crippen molar-refractivity contribution < 1.29 is 79.8 Å². The number of nitrogens with zero attached hydrogens (tertiary/aromatic N) is 6. The summed E-state index contributed by atoms with van der Waals surface area (Å²) in [6, 6.07) is 102. The molecule has 508 valence electrons. The maximum atomic E-state index is 6.48. The number of benzene rings is 14. The molecule has 12 nitrogen and oxygen atoms in total. The molecule has 6 aromatic heterocycles. The van der Waals surface area contributed by atoms with Gasteiger partial charge in [0.2, 0.25) is 0 Å². The van der Waals surface area contributed by atoms with Crippen LogP contribution in [0, 0.1) is 0 Å². The van der Waals surface area contributed by atoms with Crippen molar-refractivity contribution in [3.05, 3.63) is 308 Å². The van der Waals surface area contributed by atoms with Crippen LogP contribution >= 0.6 is 11.6 Å². The van der Waals surface area contributed by atoms with Gasteiger partial charge in [-0.15, -0.1) is 0 Å². The molecule has 0 bridgehead atoms. The summed E-state index contributed by atoms with van der Waals surface area (Å²) in [6.07, 6.45) is 0. The number of para-hydroxylation sites is 2. The Morgan fingerprint density at radius 3 is 1.08 bits per heavy atom. The van der Waals surface area contributed by atoms with Crippen molar-refractivity contribution in [1.82, 2.24) is 29.9 Å². The van der Waals surface area contributed by atoms with Gasteiger partial charge in [-0.3, -0.25) is 0 Å². The van der Waals surface area contributed by atoms with Crippen LogP contribution in [-0.4, -0.2) is 48.2 Å². The zero-order valence-electron chi connectivity index (χ0n) is 60.0. The smallest absolute Gasteiger partial charge is 1.00 e. The maximum absolute atomic E-state index is 6.48. The Labute approximate surface area is 663 Å². The van der Waals surface area contributed by atoms with E-state index in [9.17, 15) is 0 Å². The molecule has 0 spiro atoms. The molecule has 0 N–H and O–H groups in total. The SMILES string of the molecule is CC1(C)OB(c2ccc3c(c2)oc2c4ccccc4ccc32)OC1(C)C.Clc1cccc(-c2nc(-c3ccccc3)nc(-c3ccc4c(c3)oc3ccccc34)n2)c1.[H-].[K+].c1ccc(-c2nc(-c3cccc(-c4ccc5c(c4)oc4c6ccccc6ccc54)c3)nc(-c3ccc4c(c3)oc3ccccc34)n2)cc1. The van der Waals surface area contributed by atoms with Gasteiger partial charge in [-0.25, -0.2) is 29.9 Å². The number of aromatic nitrogens is 6. The van der Waals surface area contributed by atoms with Crippen molar-refractivity contribution in [2.45, 2.75) is 38.9 Å². The summed E-state index contributed by atoms with van der Waals surface area (Å²) in [4.78, 5) is 29.2. The average molecular weight is 1430 g/mol. The molecule has 0 amide bonds. The fourth-order valence-electron chi connectivity index (χ4n) is 14.2. The van der Waals surface area contributed by atoms with E-state index in [-0.39, 0.29) is 71.1 Å². The maximum Gasteiger partial charge on any atom is 1.00 e. The Kier molecular flexibility index (Phi) is 17.4. The third-order valence-electron chi connectivity index (χ3n) is 20.4. The molecule has 14 aromatic carbocycles. The van der Waals surface area contributed by atoms with Crippen molar-refractivity contribution in [1.29, 1.82) is 0 Å². The fourth-order valence-corrected chi connectivity index (χ4v) is 14.4. The molecule has 20 aromatic rings. The van der Waals surface area contributed by atoms with E-state index in [0.717, 1.165) is 148 Å². The van der Waals surface area contributed by atoms with E-state index >= 15 is 0 Å². The molecule has 21 rings (SSSR count). The number of halogens is 1. The monoisotopic (exact) mass is 1430 g/mol. The number of hydrogen-bond donors (Lipinski definition) is 0. The third kappa shape index (κ3) is 12.7. The molecule has 1 saturated heterocycles. The molecule has 0 aliphatic carbocycles. The van der Waals surface area contributed by atoms with Gasteiger partial charge in [0.15, 0.2) is 34.9 Å². The molecule has 1 aliphatic rings. The Hall–Kier alpha value is -11.3. The topological polar surface area (TPSA) is 148 Å². The van der Waals surface area contributed by atoms with Gasteiger partial charge in [0.1, 0.15) is 44.7 Å². The number of fused-ring (bicyclic) bond motifs is 16. The number of furan rings is 4. The van der Waals surface area contributed by atoms with Crippen molar-refractivity contribution in [3.63, 3.8) is 0 Å². The zero-order chi connectivity index (χ0) is 71.2. The van der Waals surface area contributed by atoms with Crippen LogP contribution in [0.2, 0.25) is 5.02 Å². The second kappa shape index (κ2) is 27.6. The first-order valence-electron chi connectivity index (χ1n) is 35.2. The van der Waals surface area contributed by atoms with Gasteiger partial charge >= 0.3 is 58.5 Å². The van der Waals surface area contributed by atoms with Gasteiger partial charge in [-0.05, 0) is 140 Å². The molecule has 1 fully saturated rings. The van der Waals surface area contributed by atoms with Crippen LogP contribution in [0.5, 0.6) is 0 Å². The molecule has 0 saturated carbocycles. The molecule has 0 radical (unpaired) electrons. The van der Waals surface area contributed by atoms with E-state index in [4.69, 9.17) is 68.5 Å². The first-order chi connectivity index (χ1) is 51.8. The fraction of sp³-hybridized carbons (Fsp3) is 0.0652. The van der Waals surface area contributed by atoms with E-state index in [2.05, 4.69) is 161 Å². The second-order valence-corrected chi connectivity index (χ2v) is 28.1. The molecule has 0 unspecified atom stereocenters. The summed E-state index contributed by atoms with van der Waals surface area (Å²) in [6.45, 7) is 8.27. The summed E-state index contributed by atoms with van der Waals surface area (Å²) in [5.41, 5.74) is 14.6. The summed E-state index contributed by atoms with van der Waals surface area (Å²) < 4.78 is 37.4. The van der Waals surface area contributed by atoms with Crippen LogP contribution in [0.4, 0.5) is 0 Å². The summed E-state index contributed by atoms with van der Waals surface area (Å²) in [5.74, 6) is 3.55. The summed E-state index contributed by atoms with van der Waals surface area (Å²) in [7, 11) is -0.380. The van der Waals surface area contributed by atoms with Gasteiger partial charge in [0.25, 0.3) is 0 Å². The quantitative estimate of drug-likeness (QED) is 0.133. The van der Waals surface area contributed by atoms with E-state index in [1.807, 2.05) is 170 Å². The molecule has 0 atom stereocenters.